The number of carbonyl (C=O) groups excluding carboxylic acids is 1. The number of rotatable bonds is 4. The van der Waals surface area contributed by atoms with Gasteiger partial charge in [-0.1, -0.05) is 0 Å². The molecule has 106 valence electrons. The van der Waals surface area contributed by atoms with E-state index < -0.39 is 0 Å². The molecule has 0 aliphatic rings. The number of aryl methyl sites for hydroxylation is 2. The molecule has 2 N–H and O–H groups in total. The van der Waals surface area contributed by atoms with E-state index in [0.717, 1.165) is 5.00 Å². The first-order chi connectivity index (χ1) is 9.60. The van der Waals surface area contributed by atoms with Gasteiger partial charge in [-0.15, -0.1) is 11.3 Å². The van der Waals surface area contributed by atoms with Crippen molar-refractivity contribution in [2.75, 3.05) is 17.2 Å². The zero-order chi connectivity index (χ0) is 14.5. The zero-order valence-electron chi connectivity index (χ0n) is 11.6. The number of nitrogens with one attached hydrogen (secondary N) is 2. The highest BCUT2D eigenvalue weighted by atomic mass is 32.1. The molecule has 2 amide bonds. The van der Waals surface area contributed by atoms with Crippen molar-refractivity contribution in [3.63, 3.8) is 0 Å². The van der Waals surface area contributed by atoms with Crippen LogP contribution in [0.2, 0.25) is 0 Å². The third-order valence-electron chi connectivity index (χ3n) is 2.52. The first kappa shape index (κ1) is 14.3. The molecule has 6 nitrogen and oxygen atoms in total. The van der Waals surface area contributed by atoms with Crippen LogP contribution in [0.25, 0.3) is 0 Å². The summed E-state index contributed by atoms with van der Waals surface area (Å²) in [4.78, 5) is 20.3. The van der Waals surface area contributed by atoms with Crippen molar-refractivity contribution in [1.29, 1.82) is 0 Å². The van der Waals surface area contributed by atoms with Crippen LogP contribution in [0.4, 0.5) is 15.5 Å². The third-order valence-corrected chi connectivity index (χ3v) is 3.31. The summed E-state index contributed by atoms with van der Waals surface area (Å²) in [6.07, 6.45) is 0. The summed E-state index contributed by atoms with van der Waals surface area (Å²) in [5.74, 6) is 0. The molecule has 0 bridgehead atoms. The van der Waals surface area contributed by atoms with E-state index in [0.29, 0.717) is 29.7 Å². The summed E-state index contributed by atoms with van der Waals surface area (Å²) in [7, 11) is 0. The van der Waals surface area contributed by atoms with Crippen molar-refractivity contribution >= 4 is 28.1 Å². The largest absolute Gasteiger partial charge is 0.464 e. The lowest BCUT2D eigenvalue weighted by Crippen LogP contribution is -2.21. The second kappa shape index (κ2) is 6.33. The van der Waals surface area contributed by atoms with Gasteiger partial charge in [-0.2, -0.15) is 9.97 Å². The number of ether oxygens (including phenoxy) is 1. The summed E-state index contributed by atoms with van der Waals surface area (Å²) < 4.78 is 5.26. The molecule has 2 rings (SSSR count). The van der Waals surface area contributed by atoms with E-state index in [1.807, 2.05) is 24.4 Å². The standard InChI is InChI=1S/C13H16N4O2S/c1-4-19-13-14-8(2)11(9(3)15-13)17-12(18)16-10-6-5-7-20-10/h5-7H,4H2,1-3H3,(H2,16,17,18). The molecule has 2 heterocycles. The Bertz CT molecular complexity index is 575. The van der Waals surface area contributed by atoms with Crippen LogP contribution < -0.4 is 15.4 Å². The highest BCUT2D eigenvalue weighted by Crippen LogP contribution is 2.20. The molecule has 0 unspecified atom stereocenters. The van der Waals surface area contributed by atoms with Crippen molar-refractivity contribution in [3.05, 3.63) is 28.9 Å². The first-order valence-electron chi connectivity index (χ1n) is 6.19. The molecule has 0 atom stereocenters. The number of nitrogens with zero attached hydrogens (tertiary/aromatic N) is 2. The first-order valence-corrected chi connectivity index (χ1v) is 7.07. The van der Waals surface area contributed by atoms with Crippen LogP contribution in [0.3, 0.4) is 0 Å². The van der Waals surface area contributed by atoms with E-state index in [2.05, 4.69) is 20.6 Å². The predicted molar refractivity (Wildman–Crippen MR) is 79.6 cm³/mol. The number of thiophene rings is 1. The number of aromatic nitrogens is 2. The van der Waals surface area contributed by atoms with Gasteiger partial charge in [-0.3, -0.25) is 5.32 Å². The average Bonchev–Trinajstić information content (AvgIpc) is 2.87. The van der Waals surface area contributed by atoms with Gasteiger partial charge >= 0.3 is 12.0 Å². The Labute approximate surface area is 121 Å². The van der Waals surface area contributed by atoms with Gasteiger partial charge in [0.15, 0.2) is 0 Å². The van der Waals surface area contributed by atoms with Crippen molar-refractivity contribution in [3.8, 4) is 6.01 Å². The molecular formula is C13H16N4O2S. The van der Waals surface area contributed by atoms with Crippen LogP contribution in [0.1, 0.15) is 18.3 Å². The molecule has 2 aromatic heterocycles. The minimum atomic E-state index is -0.314. The molecule has 0 radical (unpaired) electrons. The fourth-order valence-electron chi connectivity index (χ4n) is 1.67. The van der Waals surface area contributed by atoms with Gasteiger partial charge in [0.25, 0.3) is 0 Å². The normalized spacial score (nSPS) is 10.2. The van der Waals surface area contributed by atoms with Gasteiger partial charge in [0, 0.05) is 0 Å². The Morgan fingerprint density at radius 3 is 2.55 bits per heavy atom. The Morgan fingerprint density at radius 1 is 1.30 bits per heavy atom. The maximum Gasteiger partial charge on any atom is 0.324 e. The average molecular weight is 292 g/mol. The van der Waals surface area contributed by atoms with Gasteiger partial charge < -0.3 is 10.1 Å². The van der Waals surface area contributed by atoms with Crippen LogP contribution >= 0.6 is 11.3 Å². The maximum atomic E-state index is 11.9. The highest BCUT2D eigenvalue weighted by Gasteiger charge is 2.12. The van der Waals surface area contributed by atoms with Crippen molar-refractivity contribution in [1.82, 2.24) is 9.97 Å². The van der Waals surface area contributed by atoms with Crippen molar-refractivity contribution in [2.24, 2.45) is 0 Å². The Kier molecular flexibility index (Phi) is 4.52. The summed E-state index contributed by atoms with van der Waals surface area (Å²) in [5, 5.41) is 8.19. The monoisotopic (exact) mass is 292 g/mol. The number of hydrogen-bond donors (Lipinski definition) is 2. The van der Waals surface area contributed by atoms with Crippen LogP contribution in [-0.2, 0) is 0 Å². The van der Waals surface area contributed by atoms with Gasteiger partial charge in [0.1, 0.15) is 0 Å². The van der Waals surface area contributed by atoms with Crippen LogP contribution in [0.15, 0.2) is 17.5 Å². The molecule has 0 saturated carbocycles. The van der Waals surface area contributed by atoms with Crippen molar-refractivity contribution < 1.29 is 9.53 Å². The molecule has 0 aromatic carbocycles. The number of hydrogen-bond acceptors (Lipinski definition) is 5. The molecule has 0 saturated heterocycles. The second-order valence-electron chi connectivity index (χ2n) is 4.04. The lowest BCUT2D eigenvalue weighted by atomic mass is 10.3. The molecule has 0 spiro atoms. The predicted octanol–water partition coefficient (Wildman–Crippen LogP) is 3.20. The van der Waals surface area contributed by atoms with E-state index in [9.17, 15) is 4.79 Å². The minimum Gasteiger partial charge on any atom is -0.464 e. The second-order valence-corrected chi connectivity index (χ2v) is 4.99. The Hall–Kier alpha value is -2.15. The molecular weight excluding hydrogens is 276 g/mol. The fourth-order valence-corrected chi connectivity index (χ4v) is 2.28. The number of carbonyl (C=O) groups is 1. The lowest BCUT2D eigenvalue weighted by molar-refractivity contribution is 0.262. The fraction of sp³-hybridized carbons (Fsp3) is 0.308. The number of anilines is 2. The summed E-state index contributed by atoms with van der Waals surface area (Å²) in [5.41, 5.74) is 1.94. The molecule has 0 aliphatic heterocycles. The zero-order valence-corrected chi connectivity index (χ0v) is 12.4. The summed E-state index contributed by atoms with van der Waals surface area (Å²) in [6.45, 7) is 5.98. The Morgan fingerprint density at radius 2 is 2.00 bits per heavy atom. The third kappa shape index (κ3) is 3.45. The molecule has 2 aromatic rings. The molecule has 7 heteroatoms. The Balaban J connectivity index is 2.10. The SMILES string of the molecule is CCOc1nc(C)c(NC(=O)Nc2cccs2)c(C)n1. The van der Waals surface area contributed by atoms with Crippen molar-refractivity contribution in [2.45, 2.75) is 20.8 Å². The van der Waals surface area contributed by atoms with Gasteiger partial charge in [0.05, 0.1) is 28.7 Å². The van der Waals surface area contributed by atoms with E-state index in [4.69, 9.17) is 4.74 Å². The topological polar surface area (TPSA) is 76.1 Å². The van der Waals surface area contributed by atoms with Gasteiger partial charge in [-0.25, -0.2) is 4.79 Å². The quantitative estimate of drug-likeness (QED) is 0.907. The molecule has 0 aliphatic carbocycles. The van der Waals surface area contributed by atoms with Gasteiger partial charge in [0.2, 0.25) is 0 Å². The molecule has 0 fully saturated rings. The van der Waals surface area contributed by atoms with E-state index in [1.165, 1.54) is 11.3 Å². The van der Waals surface area contributed by atoms with E-state index >= 15 is 0 Å². The summed E-state index contributed by atoms with van der Waals surface area (Å²) in [6, 6.07) is 3.72. The van der Waals surface area contributed by atoms with E-state index in [-0.39, 0.29) is 6.03 Å². The molecule has 20 heavy (non-hydrogen) atoms. The maximum absolute atomic E-state index is 11.9. The lowest BCUT2D eigenvalue weighted by Gasteiger charge is -2.12. The number of urea groups is 1. The van der Waals surface area contributed by atoms with Crippen LogP contribution in [-0.4, -0.2) is 22.6 Å². The van der Waals surface area contributed by atoms with E-state index in [1.54, 1.807) is 13.8 Å². The van der Waals surface area contributed by atoms with Crippen LogP contribution in [0, 0.1) is 13.8 Å². The van der Waals surface area contributed by atoms with Crippen LogP contribution in [0.5, 0.6) is 6.01 Å². The summed E-state index contributed by atoms with van der Waals surface area (Å²) >= 11 is 1.46. The smallest absolute Gasteiger partial charge is 0.324 e. The van der Waals surface area contributed by atoms with Gasteiger partial charge in [-0.05, 0) is 38.3 Å². The number of amides is 2. The highest BCUT2D eigenvalue weighted by molar-refractivity contribution is 7.14. The minimum absolute atomic E-state index is 0.314.